The van der Waals surface area contributed by atoms with Crippen molar-refractivity contribution in [2.45, 2.75) is 89.8 Å². The maximum Gasteiger partial charge on any atom is 0.409 e. The van der Waals surface area contributed by atoms with Gasteiger partial charge in [-0.1, -0.05) is 85.3 Å². The Bertz CT molecular complexity index is 1620. The van der Waals surface area contributed by atoms with Gasteiger partial charge in [0.25, 0.3) is 0 Å². The second kappa shape index (κ2) is 16.3. The molecule has 3 aromatic carbocycles. The fourth-order valence-corrected chi connectivity index (χ4v) is 8.06. The van der Waals surface area contributed by atoms with E-state index >= 15 is 0 Å². The fourth-order valence-electron chi connectivity index (χ4n) is 8.06. The second-order valence-electron chi connectivity index (χ2n) is 14.2. The lowest BCUT2D eigenvalue weighted by molar-refractivity contribution is -0.0814. The van der Waals surface area contributed by atoms with Crippen molar-refractivity contribution in [3.8, 4) is 11.1 Å². The van der Waals surface area contributed by atoms with Gasteiger partial charge in [0.1, 0.15) is 0 Å². The normalized spacial score (nSPS) is 24.1. The number of methoxy groups -OCH3 is 1. The average molecular weight is 668 g/mol. The highest BCUT2D eigenvalue weighted by Gasteiger charge is 2.57. The van der Waals surface area contributed by atoms with E-state index < -0.39 is 23.2 Å². The molecule has 7 heteroatoms. The van der Waals surface area contributed by atoms with Crippen LogP contribution in [0.2, 0.25) is 0 Å². The van der Waals surface area contributed by atoms with Gasteiger partial charge in [0.05, 0.1) is 24.9 Å². The number of fused-ring (bicyclic) bond motifs is 8. The first-order chi connectivity index (χ1) is 23.6. The quantitative estimate of drug-likeness (QED) is 0.129. The smallest absolute Gasteiger partial charge is 0.409 e. The number of carbonyl (C=O) groups excluding carboxylic acids is 2. The summed E-state index contributed by atoms with van der Waals surface area (Å²) in [4.78, 5) is 29.7. The third-order valence-corrected chi connectivity index (χ3v) is 10.9. The van der Waals surface area contributed by atoms with Crippen molar-refractivity contribution >= 4 is 11.9 Å². The molecule has 3 aliphatic rings. The van der Waals surface area contributed by atoms with Crippen LogP contribution in [0.5, 0.6) is 0 Å². The van der Waals surface area contributed by atoms with Crippen molar-refractivity contribution in [1.29, 1.82) is 0 Å². The Kier molecular flexibility index (Phi) is 12.1. The summed E-state index contributed by atoms with van der Waals surface area (Å²) in [6.07, 6.45) is 6.29. The molecular weight excluding hydrogens is 614 g/mol. The number of ketones is 1. The Morgan fingerprint density at radius 3 is 2.49 bits per heavy atom. The molecule has 1 fully saturated rings. The molecule has 4 unspecified atom stereocenters. The minimum atomic E-state index is -1.23. The average Bonchev–Trinajstić information content (AvgIpc) is 3.35. The van der Waals surface area contributed by atoms with E-state index in [0.29, 0.717) is 62.8 Å². The van der Waals surface area contributed by atoms with Crippen LogP contribution in [0.15, 0.2) is 84.4 Å². The lowest BCUT2D eigenvalue weighted by Gasteiger charge is -2.46. The van der Waals surface area contributed by atoms with Gasteiger partial charge in [-0.05, 0) is 99.5 Å². The van der Waals surface area contributed by atoms with Crippen molar-refractivity contribution < 1.29 is 29.3 Å². The summed E-state index contributed by atoms with van der Waals surface area (Å²) in [5.41, 5.74) is 4.20. The van der Waals surface area contributed by atoms with E-state index in [1.807, 2.05) is 66.7 Å². The molecule has 1 amide bonds. The van der Waals surface area contributed by atoms with Gasteiger partial charge in [0.2, 0.25) is 0 Å². The number of benzene rings is 3. The molecular formula is C42H53NO6. The van der Waals surface area contributed by atoms with Crippen LogP contribution >= 0.6 is 0 Å². The lowest BCUT2D eigenvalue weighted by atomic mass is 9.64. The van der Waals surface area contributed by atoms with Gasteiger partial charge >= 0.3 is 6.09 Å². The summed E-state index contributed by atoms with van der Waals surface area (Å²) in [7, 11) is 1.64. The zero-order valence-electron chi connectivity index (χ0n) is 29.6. The molecule has 0 aliphatic heterocycles. The molecule has 4 atom stereocenters. The third-order valence-electron chi connectivity index (χ3n) is 10.9. The van der Waals surface area contributed by atoms with E-state index in [1.54, 1.807) is 18.9 Å². The molecule has 0 heterocycles. The molecule has 2 bridgehead atoms. The van der Waals surface area contributed by atoms with E-state index in [1.165, 1.54) is 5.57 Å². The number of hydrogen-bond donors (Lipinski definition) is 2. The van der Waals surface area contributed by atoms with E-state index in [-0.39, 0.29) is 24.9 Å². The Labute approximate surface area is 292 Å². The van der Waals surface area contributed by atoms with E-state index in [9.17, 15) is 19.8 Å². The number of aliphatic hydroxyl groups excluding tert-OH is 1. The van der Waals surface area contributed by atoms with Crippen LogP contribution in [0.25, 0.3) is 11.1 Å². The van der Waals surface area contributed by atoms with Crippen LogP contribution in [0.1, 0.15) is 98.7 Å². The maximum absolute atomic E-state index is 14.8. The monoisotopic (exact) mass is 667 g/mol. The number of aliphatic hydroxyl groups is 2. The Hall–Kier alpha value is -3.78. The van der Waals surface area contributed by atoms with Crippen molar-refractivity contribution in [3.63, 3.8) is 0 Å². The van der Waals surface area contributed by atoms with Gasteiger partial charge in [0.15, 0.2) is 5.78 Å². The highest BCUT2D eigenvalue weighted by molar-refractivity contribution is 6.13. The van der Waals surface area contributed by atoms with E-state index in [4.69, 9.17) is 9.47 Å². The Morgan fingerprint density at radius 2 is 1.73 bits per heavy atom. The first kappa shape index (κ1) is 36.5. The van der Waals surface area contributed by atoms with Gasteiger partial charge in [-0.25, -0.2) is 4.79 Å². The minimum absolute atomic E-state index is 0.0702. The number of rotatable bonds is 10. The predicted octanol–water partition coefficient (Wildman–Crippen LogP) is 8.12. The summed E-state index contributed by atoms with van der Waals surface area (Å²) in [6.45, 7) is 7.32. The van der Waals surface area contributed by atoms with Crippen LogP contribution in [-0.4, -0.2) is 72.1 Å². The molecule has 0 radical (unpaired) electrons. The fraction of sp³-hybridized carbons (Fsp3) is 0.476. The summed E-state index contributed by atoms with van der Waals surface area (Å²) >= 11 is 0. The number of amides is 1. The van der Waals surface area contributed by atoms with Crippen molar-refractivity contribution in [2.75, 3.05) is 33.4 Å². The third kappa shape index (κ3) is 8.17. The van der Waals surface area contributed by atoms with Gasteiger partial charge in [-0.2, -0.15) is 0 Å². The largest absolute Gasteiger partial charge is 0.450 e. The second-order valence-corrected chi connectivity index (χ2v) is 14.2. The maximum atomic E-state index is 14.8. The van der Waals surface area contributed by atoms with Gasteiger partial charge in [0, 0.05) is 36.8 Å². The number of nitrogens with zero attached hydrogens (tertiary/aromatic N) is 1. The number of hydrogen-bond acceptors (Lipinski definition) is 6. The first-order valence-corrected chi connectivity index (χ1v) is 17.9. The molecule has 0 aromatic heterocycles. The van der Waals surface area contributed by atoms with Crippen LogP contribution in [0, 0.1) is 5.41 Å². The van der Waals surface area contributed by atoms with E-state index in [0.717, 1.165) is 35.1 Å². The molecule has 49 heavy (non-hydrogen) atoms. The van der Waals surface area contributed by atoms with Crippen LogP contribution in [-0.2, 0) is 15.9 Å². The van der Waals surface area contributed by atoms with Crippen molar-refractivity contribution in [3.05, 3.63) is 107 Å². The SMILES string of the molecule is CCOC(=O)N(CCCOC)CC1(O)CCC2c3ccc(cc3C(=O)c3ccccc3-c3ccccc3)CC(O)CCC(C)=CCCC21C. The topological polar surface area (TPSA) is 96.3 Å². The summed E-state index contributed by atoms with van der Waals surface area (Å²) in [5, 5.41) is 23.8. The molecule has 1 saturated carbocycles. The number of ether oxygens (including phenoxy) is 2. The summed E-state index contributed by atoms with van der Waals surface area (Å²) < 4.78 is 10.7. The Balaban J connectivity index is 1.62. The Morgan fingerprint density at radius 1 is 0.980 bits per heavy atom. The number of carbonyl (C=O) groups is 2. The van der Waals surface area contributed by atoms with Crippen molar-refractivity contribution in [2.24, 2.45) is 5.41 Å². The minimum Gasteiger partial charge on any atom is -0.450 e. The van der Waals surface area contributed by atoms with Gasteiger partial charge in [-0.15, -0.1) is 0 Å². The van der Waals surface area contributed by atoms with Crippen LogP contribution in [0.4, 0.5) is 4.79 Å². The van der Waals surface area contributed by atoms with Crippen molar-refractivity contribution in [1.82, 2.24) is 4.90 Å². The van der Waals surface area contributed by atoms with E-state index in [2.05, 4.69) is 26.0 Å². The predicted molar refractivity (Wildman–Crippen MR) is 194 cm³/mol. The molecule has 6 rings (SSSR count). The molecule has 0 spiro atoms. The molecule has 7 nitrogen and oxygen atoms in total. The molecule has 3 aliphatic carbocycles. The van der Waals surface area contributed by atoms with Gasteiger partial charge in [-0.3, -0.25) is 4.79 Å². The van der Waals surface area contributed by atoms with Crippen LogP contribution < -0.4 is 0 Å². The summed E-state index contributed by atoms with van der Waals surface area (Å²) in [6, 6.07) is 23.8. The summed E-state index contributed by atoms with van der Waals surface area (Å²) in [5.74, 6) is -0.224. The highest BCUT2D eigenvalue weighted by atomic mass is 16.6. The first-order valence-electron chi connectivity index (χ1n) is 17.9. The van der Waals surface area contributed by atoms with Crippen LogP contribution in [0.3, 0.4) is 0 Å². The highest BCUT2D eigenvalue weighted by Crippen LogP contribution is 2.59. The number of allylic oxidation sites excluding steroid dienone is 2. The van der Waals surface area contributed by atoms with Gasteiger partial charge < -0.3 is 24.6 Å². The zero-order chi connectivity index (χ0) is 35.0. The standard InChI is InChI=1S/C42H53NO6/c1-5-49-40(46)43(25-12-26-48-4)29-42(47)24-22-38-35-21-19-31(27-33(44)20-18-30(2)13-11-23-41(38,42)3)28-37(35)39(45)36-17-10-9-16-34(36)32-14-7-6-8-15-32/h6-10,13-17,19,21,28,33,38,44,47H,5,11-12,18,20,22-27,29H2,1-4H3. The lowest BCUT2D eigenvalue weighted by Crippen LogP contribution is -2.54. The molecule has 2 N–H and O–H groups in total. The molecule has 0 saturated heterocycles. The molecule has 262 valence electrons. The molecule has 3 aromatic rings. The zero-order valence-corrected chi connectivity index (χ0v) is 29.6.